The lowest BCUT2D eigenvalue weighted by Crippen LogP contribution is -2.50. The number of epoxide rings is 1. The molecule has 0 aromatic rings. The maximum Gasteiger partial charge on any atom is 0.407 e. The highest BCUT2D eigenvalue weighted by molar-refractivity contribution is 5.86. The second-order valence-corrected chi connectivity index (χ2v) is 9.36. The third kappa shape index (κ3) is 8.61. The Bertz CT molecular complexity index is 660. The largest absolute Gasteiger partial charge is 0.459 e. The van der Waals surface area contributed by atoms with Gasteiger partial charge in [0, 0.05) is 18.2 Å². The Hall–Kier alpha value is -2.29. The van der Waals surface area contributed by atoms with Crippen molar-refractivity contribution in [3.8, 4) is 0 Å². The van der Waals surface area contributed by atoms with Gasteiger partial charge in [0.15, 0.2) is 0 Å². The zero-order valence-corrected chi connectivity index (χ0v) is 18.4. The third-order valence-electron chi connectivity index (χ3n) is 5.13. The number of ether oxygens (including phenoxy) is 4. The molecule has 1 aliphatic carbocycles. The Morgan fingerprint density at radius 2 is 1.73 bits per heavy atom. The van der Waals surface area contributed by atoms with Crippen LogP contribution in [0.1, 0.15) is 47.0 Å². The van der Waals surface area contributed by atoms with E-state index in [1.54, 1.807) is 6.92 Å². The van der Waals surface area contributed by atoms with Gasteiger partial charge in [0.2, 0.25) is 0 Å². The van der Waals surface area contributed by atoms with Crippen molar-refractivity contribution in [2.75, 3.05) is 33.0 Å². The van der Waals surface area contributed by atoms with E-state index in [-0.39, 0.29) is 42.8 Å². The highest BCUT2D eigenvalue weighted by Gasteiger charge is 2.42. The maximum absolute atomic E-state index is 12.1. The molecule has 2 N–H and O–H groups in total. The van der Waals surface area contributed by atoms with Gasteiger partial charge in [0.25, 0.3) is 0 Å². The van der Waals surface area contributed by atoms with Gasteiger partial charge in [-0.3, -0.25) is 0 Å². The van der Waals surface area contributed by atoms with Crippen LogP contribution in [-0.4, -0.2) is 63.3 Å². The van der Waals surface area contributed by atoms with Gasteiger partial charge in [-0.25, -0.2) is 14.4 Å². The summed E-state index contributed by atoms with van der Waals surface area (Å²) < 4.78 is 20.2. The molecular weight excluding hydrogens is 392 g/mol. The summed E-state index contributed by atoms with van der Waals surface area (Å²) >= 11 is 0. The van der Waals surface area contributed by atoms with E-state index in [0.717, 1.165) is 12.8 Å². The summed E-state index contributed by atoms with van der Waals surface area (Å²) in [6, 6.07) is -0.0955. The molecule has 9 nitrogen and oxygen atoms in total. The quantitative estimate of drug-likeness (QED) is 0.191. The van der Waals surface area contributed by atoms with Crippen LogP contribution in [0.4, 0.5) is 9.59 Å². The van der Waals surface area contributed by atoms with Crippen molar-refractivity contribution in [3.63, 3.8) is 0 Å². The van der Waals surface area contributed by atoms with Crippen LogP contribution in [0, 0.1) is 10.8 Å². The average molecular weight is 427 g/mol. The molecule has 2 rings (SSSR count). The topological polar surface area (TPSA) is 115 Å². The Morgan fingerprint density at radius 1 is 1.07 bits per heavy atom. The first kappa shape index (κ1) is 24.0. The van der Waals surface area contributed by atoms with E-state index in [4.69, 9.17) is 18.9 Å². The first-order valence-electron chi connectivity index (χ1n) is 10.3. The molecule has 2 aliphatic rings. The number of carbonyl (C=O) groups excluding carboxylic acids is 3. The van der Waals surface area contributed by atoms with Crippen molar-refractivity contribution in [2.24, 2.45) is 10.8 Å². The van der Waals surface area contributed by atoms with Crippen LogP contribution in [0.15, 0.2) is 12.2 Å². The van der Waals surface area contributed by atoms with Crippen molar-refractivity contribution in [2.45, 2.75) is 59.1 Å². The van der Waals surface area contributed by atoms with E-state index in [2.05, 4.69) is 38.0 Å². The maximum atomic E-state index is 12.1. The normalized spacial score (nSPS) is 26.8. The molecule has 1 aliphatic heterocycles. The number of rotatable bonds is 9. The van der Waals surface area contributed by atoms with E-state index in [1.807, 2.05) is 0 Å². The molecule has 1 heterocycles. The van der Waals surface area contributed by atoms with E-state index in [9.17, 15) is 14.4 Å². The van der Waals surface area contributed by atoms with Crippen LogP contribution < -0.4 is 10.6 Å². The lowest BCUT2D eigenvalue weighted by molar-refractivity contribution is -0.139. The summed E-state index contributed by atoms with van der Waals surface area (Å²) in [5, 5.41) is 5.73. The molecule has 0 spiro atoms. The van der Waals surface area contributed by atoms with Gasteiger partial charge in [-0.2, -0.15) is 0 Å². The van der Waals surface area contributed by atoms with Gasteiger partial charge in [-0.05, 0) is 37.0 Å². The average Bonchev–Trinajstić information content (AvgIpc) is 3.44. The Kier molecular flexibility index (Phi) is 8.11. The van der Waals surface area contributed by atoms with Crippen molar-refractivity contribution in [1.82, 2.24) is 10.6 Å². The fraction of sp³-hybridized carbons (Fsp3) is 0.762. The summed E-state index contributed by atoms with van der Waals surface area (Å²) in [6.07, 6.45) is 1.42. The fourth-order valence-corrected chi connectivity index (χ4v) is 4.14. The molecule has 1 saturated heterocycles. The molecule has 0 aromatic carbocycles. The van der Waals surface area contributed by atoms with Crippen LogP contribution in [-0.2, 0) is 23.7 Å². The van der Waals surface area contributed by atoms with Crippen LogP contribution in [0.2, 0.25) is 0 Å². The van der Waals surface area contributed by atoms with Crippen molar-refractivity contribution >= 4 is 18.2 Å². The monoisotopic (exact) mass is 426 g/mol. The number of nitrogens with one attached hydrogen (secondary N) is 2. The van der Waals surface area contributed by atoms with E-state index in [0.29, 0.717) is 25.1 Å². The SMILES string of the molecule is C=C(C)C(=O)OCCOC(=O)NC1CC(C)(C)CC(C)(CNC(=O)OCC2CO2)C1. The number of esters is 1. The molecule has 30 heavy (non-hydrogen) atoms. The summed E-state index contributed by atoms with van der Waals surface area (Å²) in [5.41, 5.74) is 0.0721. The van der Waals surface area contributed by atoms with E-state index < -0.39 is 18.2 Å². The van der Waals surface area contributed by atoms with Crippen molar-refractivity contribution in [1.29, 1.82) is 0 Å². The zero-order chi connectivity index (χ0) is 22.4. The zero-order valence-electron chi connectivity index (χ0n) is 18.4. The molecule has 3 unspecified atom stereocenters. The van der Waals surface area contributed by atoms with Gasteiger partial charge >= 0.3 is 18.2 Å². The van der Waals surface area contributed by atoms with Crippen molar-refractivity contribution < 1.29 is 33.3 Å². The Labute approximate surface area is 177 Å². The molecule has 0 radical (unpaired) electrons. The minimum Gasteiger partial charge on any atom is -0.459 e. The number of hydrogen-bond acceptors (Lipinski definition) is 7. The molecule has 3 atom stereocenters. The number of carbonyl (C=O) groups is 3. The summed E-state index contributed by atoms with van der Waals surface area (Å²) in [4.78, 5) is 35.3. The Balaban J connectivity index is 1.76. The molecule has 2 amide bonds. The number of amides is 2. The highest BCUT2D eigenvalue weighted by atomic mass is 16.6. The smallest absolute Gasteiger partial charge is 0.407 e. The molecule has 0 aromatic heterocycles. The molecule has 2 fully saturated rings. The first-order valence-corrected chi connectivity index (χ1v) is 10.3. The summed E-state index contributed by atoms with van der Waals surface area (Å²) in [5.74, 6) is -0.514. The third-order valence-corrected chi connectivity index (χ3v) is 5.13. The predicted octanol–water partition coefficient (Wildman–Crippen LogP) is 2.54. The predicted molar refractivity (Wildman–Crippen MR) is 109 cm³/mol. The standard InChI is InChI=1S/C21H34N2O7/c1-14(2)17(24)27-6-7-28-19(26)23-15-8-20(3,4)12-21(5,9-15)13-22-18(25)30-11-16-10-29-16/h15-16H,1,6-13H2,2-5H3,(H,22,25)(H,23,26). The molecule has 0 bridgehead atoms. The van der Waals surface area contributed by atoms with Crippen LogP contribution in [0.3, 0.4) is 0 Å². The van der Waals surface area contributed by atoms with Gasteiger partial charge in [0.05, 0.1) is 6.61 Å². The van der Waals surface area contributed by atoms with Gasteiger partial charge in [-0.1, -0.05) is 27.4 Å². The summed E-state index contributed by atoms with van der Waals surface area (Å²) in [6.45, 7) is 12.7. The molecule has 170 valence electrons. The van der Waals surface area contributed by atoms with Crippen LogP contribution >= 0.6 is 0 Å². The lowest BCUT2D eigenvalue weighted by Gasteiger charge is -2.46. The second kappa shape index (κ2) is 10.1. The van der Waals surface area contributed by atoms with Crippen molar-refractivity contribution in [3.05, 3.63) is 12.2 Å². The molecule has 1 saturated carbocycles. The Morgan fingerprint density at radius 3 is 2.37 bits per heavy atom. The minimum atomic E-state index is -0.553. The minimum absolute atomic E-state index is 0.0185. The summed E-state index contributed by atoms with van der Waals surface area (Å²) in [7, 11) is 0. The second-order valence-electron chi connectivity index (χ2n) is 9.36. The van der Waals surface area contributed by atoms with E-state index >= 15 is 0 Å². The lowest BCUT2D eigenvalue weighted by atomic mass is 9.62. The number of hydrogen-bond donors (Lipinski definition) is 2. The van der Waals surface area contributed by atoms with Crippen LogP contribution in [0.5, 0.6) is 0 Å². The van der Waals surface area contributed by atoms with E-state index in [1.165, 1.54) is 0 Å². The first-order chi connectivity index (χ1) is 14.0. The number of alkyl carbamates (subject to hydrolysis) is 2. The van der Waals surface area contributed by atoms with Gasteiger partial charge in [-0.15, -0.1) is 0 Å². The van der Waals surface area contributed by atoms with Crippen LogP contribution in [0.25, 0.3) is 0 Å². The fourth-order valence-electron chi connectivity index (χ4n) is 4.14. The molecule has 9 heteroatoms. The van der Waals surface area contributed by atoms with Gasteiger partial charge in [0.1, 0.15) is 25.9 Å². The highest BCUT2D eigenvalue weighted by Crippen LogP contribution is 2.45. The molecular formula is C21H34N2O7. The van der Waals surface area contributed by atoms with Gasteiger partial charge < -0.3 is 29.6 Å².